The van der Waals surface area contributed by atoms with E-state index in [4.69, 9.17) is 0 Å². The second kappa shape index (κ2) is 6.77. The molecule has 23 heavy (non-hydrogen) atoms. The highest BCUT2D eigenvalue weighted by molar-refractivity contribution is 7.91. The highest BCUT2D eigenvalue weighted by Crippen LogP contribution is 2.22. The second-order valence-electron chi connectivity index (χ2n) is 5.22. The fourth-order valence-electron chi connectivity index (χ4n) is 2.55. The average Bonchev–Trinajstić information content (AvgIpc) is 3.00. The Morgan fingerprint density at radius 1 is 1.13 bits per heavy atom. The van der Waals surface area contributed by atoms with Gasteiger partial charge in [0.25, 0.3) is 15.9 Å². The second-order valence-corrected chi connectivity index (χ2v) is 8.34. The van der Waals surface area contributed by atoms with Crippen LogP contribution in [0.1, 0.15) is 16.8 Å². The third-order valence-corrected chi connectivity index (χ3v) is 7.01. The van der Waals surface area contributed by atoms with Crippen molar-refractivity contribution in [2.24, 2.45) is 0 Å². The Bertz CT molecular complexity index is 761. The molecule has 0 aliphatic carbocycles. The number of carbonyl (C=O) groups is 1. The number of carbonyl (C=O) groups excluding carboxylic acids is 1. The number of amides is 1. The molecular weight excluding hydrogens is 334 g/mol. The molecule has 0 saturated carbocycles. The summed E-state index contributed by atoms with van der Waals surface area (Å²) < 4.78 is 27.0. The van der Waals surface area contributed by atoms with Crippen LogP contribution in [0, 0.1) is 0 Å². The van der Waals surface area contributed by atoms with Crippen molar-refractivity contribution >= 4 is 27.3 Å². The van der Waals surface area contributed by atoms with Crippen LogP contribution in [0.15, 0.2) is 46.2 Å². The zero-order valence-electron chi connectivity index (χ0n) is 12.5. The third kappa shape index (κ3) is 3.44. The quantitative estimate of drug-likeness (QED) is 0.844. The molecule has 0 atom stereocenters. The van der Waals surface area contributed by atoms with Gasteiger partial charge < -0.3 is 4.90 Å². The van der Waals surface area contributed by atoms with E-state index in [1.807, 2.05) is 0 Å². The van der Waals surface area contributed by atoms with E-state index in [-0.39, 0.29) is 5.91 Å². The van der Waals surface area contributed by atoms with Gasteiger partial charge in [-0.3, -0.25) is 9.78 Å². The summed E-state index contributed by atoms with van der Waals surface area (Å²) in [5.74, 6) is -0.103. The first kappa shape index (κ1) is 16.1. The van der Waals surface area contributed by atoms with Crippen LogP contribution in [-0.2, 0) is 10.0 Å². The zero-order chi connectivity index (χ0) is 16.3. The van der Waals surface area contributed by atoms with Crippen LogP contribution in [0.4, 0.5) is 0 Å². The number of aromatic nitrogens is 1. The summed E-state index contributed by atoms with van der Waals surface area (Å²) in [7, 11) is -3.45. The molecule has 6 nitrogen and oxygen atoms in total. The molecule has 0 radical (unpaired) electrons. The largest absolute Gasteiger partial charge is 0.337 e. The van der Waals surface area contributed by atoms with Crippen LogP contribution in [-0.4, -0.2) is 54.7 Å². The van der Waals surface area contributed by atoms with Crippen molar-refractivity contribution in [3.63, 3.8) is 0 Å². The fourth-order valence-corrected chi connectivity index (χ4v) is 5.16. The van der Waals surface area contributed by atoms with Gasteiger partial charge in [-0.05, 0) is 30.0 Å². The van der Waals surface area contributed by atoms with E-state index in [1.165, 1.54) is 21.8 Å². The Morgan fingerprint density at radius 3 is 2.70 bits per heavy atom. The first-order valence-electron chi connectivity index (χ1n) is 7.32. The fraction of sp³-hybridized carbons (Fsp3) is 0.333. The molecule has 3 heterocycles. The van der Waals surface area contributed by atoms with Crippen molar-refractivity contribution in [2.75, 3.05) is 26.2 Å². The van der Waals surface area contributed by atoms with Gasteiger partial charge in [0.1, 0.15) is 4.21 Å². The van der Waals surface area contributed by atoms with Crippen LogP contribution < -0.4 is 0 Å². The van der Waals surface area contributed by atoms with Gasteiger partial charge in [0, 0.05) is 38.6 Å². The normalized spacial score (nSPS) is 17.0. The number of sulfonamides is 1. The van der Waals surface area contributed by atoms with Crippen LogP contribution in [0.2, 0.25) is 0 Å². The summed E-state index contributed by atoms with van der Waals surface area (Å²) >= 11 is 1.22. The summed E-state index contributed by atoms with van der Waals surface area (Å²) in [6.07, 6.45) is 3.78. The number of pyridine rings is 1. The van der Waals surface area contributed by atoms with Gasteiger partial charge in [-0.1, -0.05) is 6.07 Å². The Morgan fingerprint density at radius 2 is 2.00 bits per heavy atom. The lowest BCUT2D eigenvalue weighted by Gasteiger charge is -2.21. The highest BCUT2D eigenvalue weighted by atomic mass is 32.2. The van der Waals surface area contributed by atoms with Crippen molar-refractivity contribution in [3.05, 3.63) is 47.6 Å². The topological polar surface area (TPSA) is 70.6 Å². The standard InChI is InChI=1S/C15H17N3O3S2/c19-15(13-4-1-6-16-12-13)17-7-3-8-18(10-9-17)23(20,21)14-5-2-11-22-14/h1-2,4-6,11-12H,3,7-10H2. The van der Waals surface area contributed by atoms with Crippen molar-refractivity contribution in [1.29, 1.82) is 0 Å². The van der Waals surface area contributed by atoms with Crippen molar-refractivity contribution in [1.82, 2.24) is 14.2 Å². The Balaban J connectivity index is 1.72. The van der Waals surface area contributed by atoms with E-state index < -0.39 is 10.0 Å². The summed E-state index contributed by atoms with van der Waals surface area (Å²) in [5, 5.41) is 1.75. The molecule has 122 valence electrons. The van der Waals surface area contributed by atoms with Gasteiger partial charge in [0.2, 0.25) is 0 Å². The molecule has 1 saturated heterocycles. The lowest BCUT2D eigenvalue weighted by atomic mass is 10.2. The van der Waals surface area contributed by atoms with Crippen molar-refractivity contribution in [3.8, 4) is 0 Å². The number of thiophene rings is 1. The van der Waals surface area contributed by atoms with Crippen LogP contribution in [0.25, 0.3) is 0 Å². The molecule has 3 rings (SSSR count). The van der Waals surface area contributed by atoms with E-state index in [9.17, 15) is 13.2 Å². The van der Waals surface area contributed by atoms with Gasteiger partial charge in [-0.25, -0.2) is 8.42 Å². The summed E-state index contributed by atoms with van der Waals surface area (Å²) in [4.78, 5) is 18.1. The summed E-state index contributed by atoms with van der Waals surface area (Å²) in [5.41, 5.74) is 0.530. The molecule has 0 bridgehead atoms. The first-order valence-corrected chi connectivity index (χ1v) is 9.64. The Hall–Kier alpha value is -1.77. The van der Waals surface area contributed by atoms with Crippen LogP contribution >= 0.6 is 11.3 Å². The number of hydrogen-bond donors (Lipinski definition) is 0. The highest BCUT2D eigenvalue weighted by Gasteiger charge is 2.29. The summed E-state index contributed by atoms with van der Waals surface area (Å²) in [6.45, 7) is 1.67. The molecule has 2 aromatic rings. The predicted molar refractivity (Wildman–Crippen MR) is 87.8 cm³/mol. The van der Waals surface area contributed by atoms with Gasteiger partial charge >= 0.3 is 0 Å². The van der Waals surface area contributed by atoms with Gasteiger partial charge in [-0.2, -0.15) is 4.31 Å². The zero-order valence-corrected chi connectivity index (χ0v) is 14.1. The maximum atomic E-state index is 12.6. The minimum Gasteiger partial charge on any atom is -0.337 e. The third-order valence-electron chi connectivity index (χ3n) is 3.74. The lowest BCUT2D eigenvalue weighted by molar-refractivity contribution is 0.0764. The number of nitrogens with zero attached hydrogens (tertiary/aromatic N) is 3. The van der Waals surface area contributed by atoms with E-state index in [2.05, 4.69) is 4.98 Å². The SMILES string of the molecule is O=C(c1cccnc1)N1CCCN(S(=O)(=O)c2cccs2)CC1. The molecule has 1 aliphatic rings. The van der Waals surface area contributed by atoms with E-state index in [1.54, 1.807) is 40.7 Å². The van der Waals surface area contributed by atoms with Gasteiger partial charge in [0.15, 0.2) is 0 Å². The molecule has 1 fully saturated rings. The minimum atomic E-state index is -3.45. The molecule has 0 spiro atoms. The molecule has 0 N–H and O–H groups in total. The van der Waals surface area contributed by atoms with Gasteiger partial charge in [-0.15, -0.1) is 11.3 Å². The molecule has 0 unspecified atom stereocenters. The maximum absolute atomic E-state index is 12.6. The van der Waals surface area contributed by atoms with Crippen LogP contribution in [0.5, 0.6) is 0 Å². The Kier molecular flexibility index (Phi) is 4.74. The molecule has 8 heteroatoms. The molecule has 2 aromatic heterocycles. The molecule has 0 aromatic carbocycles. The smallest absolute Gasteiger partial charge is 0.255 e. The van der Waals surface area contributed by atoms with Crippen LogP contribution in [0.3, 0.4) is 0 Å². The molecule has 1 aliphatic heterocycles. The van der Waals surface area contributed by atoms with Crippen molar-refractivity contribution < 1.29 is 13.2 Å². The maximum Gasteiger partial charge on any atom is 0.255 e. The monoisotopic (exact) mass is 351 g/mol. The predicted octanol–water partition coefficient (Wildman–Crippen LogP) is 1.68. The lowest BCUT2D eigenvalue weighted by Crippen LogP contribution is -2.37. The van der Waals surface area contributed by atoms with E-state index >= 15 is 0 Å². The Labute approximate surface area is 139 Å². The first-order chi connectivity index (χ1) is 11.1. The van der Waals surface area contributed by atoms with Crippen molar-refractivity contribution in [2.45, 2.75) is 10.6 Å². The van der Waals surface area contributed by atoms with E-state index in [0.29, 0.717) is 42.4 Å². The average molecular weight is 351 g/mol. The number of hydrogen-bond acceptors (Lipinski definition) is 5. The summed E-state index contributed by atoms with van der Waals surface area (Å²) in [6, 6.07) is 6.79. The van der Waals surface area contributed by atoms with E-state index in [0.717, 1.165) is 0 Å². The molecule has 1 amide bonds. The number of rotatable bonds is 3. The molecular formula is C15H17N3O3S2. The minimum absolute atomic E-state index is 0.103. The van der Waals surface area contributed by atoms with Gasteiger partial charge in [0.05, 0.1) is 5.56 Å².